The molecule has 0 N–H and O–H groups in total. The van der Waals surface area contributed by atoms with Gasteiger partial charge in [0.2, 0.25) is 11.8 Å². The second-order valence-electron chi connectivity index (χ2n) is 7.44. The van der Waals surface area contributed by atoms with Crippen LogP contribution in [0.2, 0.25) is 0 Å². The molecule has 28 heavy (non-hydrogen) atoms. The van der Waals surface area contributed by atoms with Gasteiger partial charge in [0.15, 0.2) is 0 Å². The third-order valence-corrected chi connectivity index (χ3v) is 5.90. The number of halogens is 6. The lowest BCUT2D eigenvalue weighted by molar-refractivity contribution is -0.144. The van der Waals surface area contributed by atoms with Crippen molar-refractivity contribution in [1.29, 1.82) is 0 Å². The van der Waals surface area contributed by atoms with Crippen LogP contribution in [0, 0.1) is 23.7 Å². The first-order chi connectivity index (χ1) is 12.9. The van der Waals surface area contributed by atoms with E-state index in [0.717, 1.165) is 0 Å². The first-order valence-electron chi connectivity index (χ1n) is 8.59. The maximum absolute atomic E-state index is 13.1. The summed E-state index contributed by atoms with van der Waals surface area (Å²) in [4.78, 5) is 38.1. The number of hydrogen-bond acceptors (Lipinski definition) is 3. The molecule has 3 aliphatic carbocycles. The molecule has 1 aliphatic heterocycles. The SMILES string of the molecule is O=C1C[C@@H]2CC[C@H]1[C@@H]1C(=O)N(c3cc(C(F)(F)F)cc(C(F)(F)F)c3)C(=O)[C@H]21. The second-order valence-corrected chi connectivity index (χ2v) is 7.44. The predicted molar refractivity (Wildman–Crippen MR) is 81.8 cm³/mol. The minimum Gasteiger partial charge on any atom is -0.299 e. The van der Waals surface area contributed by atoms with Gasteiger partial charge in [0, 0.05) is 12.3 Å². The Balaban J connectivity index is 1.82. The van der Waals surface area contributed by atoms with Gasteiger partial charge < -0.3 is 0 Å². The van der Waals surface area contributed by atoms with Crippen LogP contribution in [0.5, 0.6) is 0 Å². The first kappa shape index (κ1) is 18.9. The van der Waals surface area contributed by atoms with Crippen molar-refractivity contribution < 1.29 is 40.7 Å². The molecule has 4 aliphatic rings. The zero-order valence-electron chi connectivity index (χ0n) is 14.1. The molecule has 0 radical (unpaired) electrons. The molecule has 3 saturated carbocycles. The Bertz CT molecular complexity index is 858. The van der Waals surface area contributed by atoms with Gasteiger partial charge in [-0.2, -0.15) is 26.3 Å². The van der Waals surface area contributed by atoms with E-state index in [4.69, 9.17) is 0 Å². The van der Waals surface area contributed by atoms with Crippen LogP contribution in [-0.4, -0.2) is 17.6 Å². The van der Waals surface area contributed by atoms with E-state index in [0.29, 0.717) is 29.9 Å². The molecule has 2 amide bonds. The minimum atomic E-state index is -5.09. The van der Waals surface area contributed by atoms with E-state index in [1.54, 1.807) is 0 Å². The van der Waals surface area contributed by atoms with Gasteiger partial charge in [-0.3, -0.25) is 14.4 Å². The Kier molecular flexibility index (Phi) is 3.93. The Labute approximate surface area is 154 Å². The molecule has 2 bridgehead atoms. The highest BCUT2D eigenvalue weighted by Crippen LogP contribution is 2.52. The second kappa shape index (κ2) is 5.81. The van der Waals surface area contributed by atoms with Crippen molar-refractivity contribution >= 4 is 23.3 Å². The fourth-order valence-corrected chi connectivity index (χ4v) is 4.71. The van der Waals surface area contributed by atoms with Crippen LogP contribution in [0.4, 0.5) is 32.0 Å². The summed E-state index contributed by atoms with van der Waals surface area (Å²) in [6, 6.07) is 0.674. The maximum Gasteiger partial charge on any atom is 0.416 e. The van der Waals surface area contributed by atoms with Crippen molar-refractivity contribution in [3.63, 3.8) is 0 Å². The van der Waals surface area contributed by atoms with Crippen LogP contribution < -0.4 is 4.90 Å². The molecule has 1 aromatic rings. The van der Waals surface area contributed by atoms with Gasteiger partial charge >= 0.3 is 12.4 Å². The van der Waals surface area contributed by atoms with Crippen LogP contribution in [0.3, 0.4) is 0 Å². The van der Waals surface area contributed by atoms with Gasteiger partial charge in [-0.25, -0.2) is 4.90 Å². The number of hydrogen-bond donors (Lipinski definition) is 0. The van der Waals surface area contributed by atoms with Gasteiger partial charge in [0.25, 0.3) is 0 Å². The average molecular weight is 405 g/mol. The summed E-state index contributed by atoms with van der Waals surface area (Å²) < 4.78 is 78.6. The summed E-state index contributed by atoms with van der Waals surface area (Å²) >= 11 is 0. The molecule has 4 nitrogen and oxygen atoms in total. The molecule has 1 aromatic carbocycles. The van der Waals surface area contributed by atoms with E-state index in [1.165, 1.54) is 0 Å². The summed E-state index contributed by atoms with van der Waals surface area (Å²) in [7, 11) is 0. The zero-order chi connectivity index (χ0) is 20.6. The van der Waals surface area contributed by atoms with Gasteiger partial charge in [-0.05, 0) is 37.0 Å². The summed E-state index contributed by atoms with van der Waals surface area (Å²) in [5.74, 6) is -4.89. The van der Waals surface area contributed by atoms with E-state index in [2.05, 4.69) is 0 Å². The normalized spacial score (nSPS) is 30.2. The largest absolute Gasteiger partial charge is 0.416 e. The fraction of sp³-hybridized carbons (Fsp3) is 0.500. The number of nitrogens with zero attached hydrogens (tertiary/aromatic N) is 1. The monoisotopic (exact) mass is 405 g/mol. The maximum atomic E-state index is 13.1. The van der Waals surface area contributed by atoms with E-state index in [9.17, 15) is 40.7 Å². The highest BCUT2D eigenvalue weighted by molar-refractivity contribution is 6.23. The lowest BCUT2D eigenvalue weighted by atomic mass is 9.59. The molecular formula is C18H13F6NO3. The van der Waals surface area contributed by atoms with Crippen molar-refractivity contribution in [1.82, 2.24) is 0 Å². The van der Waals surface area contributed by atoms with Crippen LogP contribution in [0.1, 0.15) is 30.4 Å². The third-order valence-electron chi connectivity index (χ3n) is 5.90. The van der Waals surface area contributed by atoms with E-state index < -0.39 is 64.7 Å². The van der Waals surface area contributed by atoms with Crippen LogP contribution >= 0.6 is 0 Å². The fourth-order valence-electron chi connectivity index (χ4n) is 4.71. The first-order valence-corrected chi connectivity index (χ1v) is 8.59. The number of carbonyl (C=O) groups excluding carboxylic acids is 3. The third kappa shape index (κ3) is 2.72. The zero-order valence-corrected chi connectivity index (χ0v) is 14.1. The van der Waals surface area contributed by atoms with E-state index in [1.807, 2.05) is 0 Å². The molecule has 4 atom stereocenters. The molecule has 4 fully saturated rings. The topological polar surface area (TPSA) is 54.5 Å². The number of anilines is 1. The van der Waals surface area contributed by atoms with Crippen LogP contribution in [0.15, 0.2) is 18.2 Å². The predicted octanol–water partition coefficient (Wildman–Crippen LogP) is 3.83. The summed E-state index contributed by atoms with van der Waals surface area (Å²) in [6.45, 7) is 0. The van der Waals surface area contributed by atoms with Gasteiger partial charge in [0.1, 0.15) is 5.78 Å². The summed E-state index contributed by atoms with van der Waals surface area (Å²) in [5, 5.41) is 0. The Hall–Kier alpha value is -2.39. The molecule has 0 spiro atoms. The van der Waals surface area contributed by atoms with Crippen LogP contribution in [0.25, 0.3) is 0 Å². The average Bonchev–Trinajstić information content (AvgIpc) is 2.86. The van der Waals surface area contributed by atoms with Crippen molar-refractivity contribution in [2.45, 2.75) is 31.6 Å². The molecule has 1 saturated heterocycles. The number of carbonyl (C=O) groups is 3. The number of rotatable bonds is 1. The quantitative estimate of drug-likeness (QED) is 0.527. The number of Topliss-reactive ketones (excluding diaryl/α,β-unsaturated/α-hetero) is 1. The van der Waals surface area contributed by atoms with Gasteiger partial charge in [-0.1, -0.05) is 0 Å². The highest BCUT2D eigenvalue weighted by Gasteiger charge is 2.61. The number of fused-ring (bicyclic) bond motifs is 2. The number of benzene rings is 1. The van der Waals surface area contributed by atoms with Crippen molar-refractivity contribution in [3.05, 3.63) is 29.3 Å². The lowest BCUT2D eigenvalue weighted by Crippen LogP contribution is -2.46. The Morgan fingerprint density at radius 2 is 1.32 bits per heavy atom. The molecule has 5 rings (SSSR count). The number of alkyl halides is 6. The minimum absolute atomic E-state index is 0.0607. The molecule has 0 aromatic heterocycles. The molecule has 10 heteroatoms. The number of amides is 2. The van der Waals surface area contributed by atoms with Gasteiger partial charge in [0.05, 0.1) is 28.7 Å². The van der Waals surface area contributed by atoms with Gasteiger partial charge in [-0.15, -0.1) is 0 Å². The molecular weight excluding hydrogens is 392 g/mol. The molecule has 0 unspecified atom stereocenters. The smallest absolute Gasteiger partial charge is 0.299 e. The van der Waals surface area contributed by atoms with Crippen LogP contribution in [-0.2, 0) is 26.7 Å². The van der Waals surface area contributed by atoms with E-state index >= 15 is 0 Å². The lowest BCUT2D eigenvalue weighted by Gasteiger charge is -2.41. The number of imide groups is 1. The Morgan fingerprint density at radius 3 is 1.82 bits per heavy atom. The highest BCUT2D eigenvalue weighted by atomic mass is 19.4. The standard InChI is InChI=1S/C18H13F6NO3/c19-17(20,21)8-4-9(18(22,23)24)6-10(5-8)25-15(27)13-7-1-2-11(12(26)3-7)14(13)16(25)28/h4-7,11,13-14H,1-3H2/t7-,11+,13+,14-/m0/s1. The van der Waals surface area contributed by atoms with Crippen molar-refractivity contribution in [3.8, 4) is 0 Å². The molecule has 150 valence electrons. The summed E-state index contributed by atoms with van der Waals surface area (Å²) in [5.41, 5.74) is -3.97. The van der Waals surface area contributed by atoms with Crippen molar-refractivity contribution in [2.75, 3.05) is 4.90 Å². The Morgan fingerprint density at radius 1 is 0.786 bits per heavy atom. The number of ketones is 1. The van der Waals surface area contributed by atoms with E-state index in [-0.39, 0.29) is 18.3 Å². The van der Waals surface area contributed by atoms with Crippen molar-refractivity contribution in [2.24, 2.45) is 23.7 Å². The summed E-state index contributed by atoms with van der Waals surface area (Å²) in [6.07, 6.45) is -9.16. The molecule has 1 heterocycles.